The van der Waals surface area contributed by atoms with Crippen LogP contribution in [-0.4, -0.2) is 35.3 Å². The lowest BCUT2D eigenvalue weighted by Crippen LogP contribution is -2.39. The fraction of sp³-hybridized carbons (Fsp3) is 0.200. The number of aryl methyl sites for hydroxylation is 1. The van der Waals surface area contributed by atoms with Crippen molar-refractivity contribution >= 4 is 38.2 Å². The van der Waals surface area contributed by atoms with Crippen LogP contribution >= 0.6 is 11.3 Å². The number of nitrogens with zero attached hydrogens (tertiary/aromatic N) is 2. The number of aliphatic hydroxyl groups is 1. The third kappa shape index (κ3) is 2.55. The molecule has 24 heavy (non-hydrogen) atoms. The van der Waals surface area contributed by atoms with Crippen molar-refractivity contribution in [2.24, 2.45) is 0 Å². The molecule has 2 N–H and O–H groups in total. The van der Waals surface area contributed by atoms with Crippen molar-refractivity contribution in [3.63, 3.8) is 0 Å². The summed E-state index contributed by atoms with van der Waals surface area (Å²) in [7, 11) is -3.91. The fourth-order valence-electron chi connectivity index (χ4n) is 2.49. The molecule has 0 atom stereocenters. The van der Waals surface area contributed by atoms with Crippen LogP contribution in [-0.2, 0) is 14.8 Å². The molecule has 0 fully saturated rings. The smallest absolute Gasteiger partial charge is 0.278 e. The van der Waals surface area contributed by atoms with E-state index >= 15 is 0 Å². The summed E-state index contributed by atoms with van der Waals surface area (Å²) in [5, 5.41) is 13.4. The van der Waals surface area contributed by atoms with Gasteiger partial charge in [-0.25, -0.2) is 13.4 Å². The summed E-state index contributed by atoms with van der Waals surface area (Å²) in [6.07, 6.45) is 1.60. The van der Waals surface area contributed by atoms with E-state index in [0.29, 0.717) is 5.13 Å². The number of nitrogens with one attached hydrogen (secondary N) is 1. The SMILES string of the molecule is CCN1C(C(=O)Nc2ncc(C)s2)=C(O)c2ccccc2S1(=O)=O. The number of amides is 1. The average Bonchev–Trinajstić information content (AvgIpc) is 2.95. The van der Waals surface area contributed by atoms with Crippen molar-refractivity contribution in [3.05, 3.63) is 46.6 Å². The Morgan fingerprint density at radius 3 is 2.71 bits per heavy atom. The van der Waals surface area contributed by atoms with Gasteiger partial charge >= 0.3 is 0 Å². The molecule has 126 valence electrons. The van der Waals surface area contributed by atoms with E-state index in [0.717, 1.165) is 9.18 Å². The van der Waals surface area contributed by atoms with Gasteiger partial charge in [-0.15, -0.1) is 11.3 Å². The van der Waals surface area contributed by atoms with E-state index in [4.69, 9.17) is 0 Å². The molecule has 1 aliphatic rings. The molecule has 2 aromatic rings. The second-order valence-corrected chi connectivity index (χ2v) is 8.16. The van der Waals surface area contributed by atoms with E-state index in [-0.39, 0.29) is 28.5 Å². The van der Waals surface area contributed by atoms with Crippen LogP contribution in [0.3, 0.4) is 0 Å². The van der Waals surface area contributed by atoms with Crippen molar-refractivity contribution in [3.8, 4) is 0 Å². The van der Waals surface area contributed by atoms with Gasteiger partial charge < -0.3 is 5.11 Å². The molecule has 9 heteroatoms. The number of benzene rings is 1. The van der Waals surface area contributed by atoms with Crippen LogP contribution < -0.4 is 5.32 Å². The lowest BCUT2D eigenvalue weighted by molar-refractivity contribution is -0.113. The molecule has 0 aliphatic carbocycles. The summed E-state index contributed by atoms with van der Waals surface area (Å²) >= 11 is 1.26. The number of rotatable bonds is 3. The van der Waals surface area contributed by atoms with Gasteiger partial charge in [0.25, 0.3) is 15.9 Å². The minimum absolute atomic E-state index is 0.0143. The van der Waals surface area contributed by atoms with Crippen LogP contribution in [0, 0.1) is 6.92 Å². The monoisotopic (exact) mass is 365 g/mol. The maximum atomic E-state index is 12.7. The van der Waals surface area contributed by atoms with E-state index in [9.17, 15) is 18.3 Å². The second-order valence-electron chi connectivity index (χ2n) is 5.09. The maximum absolute atomic E-state index is 12.7. The van der Waals surface area contributed by atoms with E-state index in [2.05, 4.69) is 10.3 Å². The van der Waals surface area contributed by atoms with Gasteiger partial charge in [-0.05, 0) is 26.0 Å². The molecule has 1 aromatic heterocycles. The highest BCUT2D eigenvalue weighted by Crippen LogP contribution is 2.35. The molecule has 1 amide bonds. The van der Waals surface area contributed by atoms with Gasteiger partial charge in [0, 0.05) is 23.2 Å². The molecule has 0 unspecified atom stereocenters. The van der Waals surface area contributed by atoms with Crippen molar-refractivity contribution in [1.82, 2.24) is 9.29 Å². The second kappa shape index (κ2) is 5.91. The van der Waals surface area contributed by atoms with Gasteiger partial charge in [-0.2, -0.15) is 0 Å². The van der Waals surface area contributed by atoms with E-state index in [1.165, 1.54) is 23.5 Å². The Morgan fingerprint density at radius 2 is 2.08 bits per heavy atom. The Labute approximate surface area is 143 Å². The van der Waals surface area contributed by atoms with Gasteiger partial charge in [0.15, 0.2) is 16.6 Å². The molecule has 0 bridgehead atoms. The number of anilines is 1. The number of hydrogen-bond donors (Lipinski definition) is 2. The number of sulfonamides is 1. The first kappa shape index (κ1) is 16.5. The third-order valence-electron chi connectivity index (χ3n) is 3.53. The number of fused-ring (bicyclic) bond motifs is 1. The lowest BCUT2D eigenvalue weighted by atomic mass is 10.1. The van der Waals surface area contributed by atoms with E-state index < -0.39 is 15.9 Å². The summed E-state index contributed by atoms with van der Waals surface area (Å²) in [6.45, 7) is 3.45. The molecule has 2 heterocycles. The molecule has 7 nitrogen and oxygen atoms in total. The largest absolute Gasteiger partial charge is 0.505 e. The predicted molar refractivity (Wildman–Crippen MR) is 91.0 cm³/mol. The summed E-state index contributed by atoms with van der Waals surface area (Å²) in [6, 6.07) is 6.05. The Kier molecular flexibility index (Phi) is 4.06. The average molecular weight is 365 g/mol. The maximum Gasteiger partial charge on any atom is 0.278 e. The highest BCUT2D eigenvalue weighted by Gasteiger charge is 2.39. The van der Waals surface area contributed by atoms with Crippen LogP contribution in [0.2, 0.25) is 0 Å². The molecule has 0 radical (unpaired) electrons. The van der Waals surface area contributed by atoms with Gasteiger partial charge in [0.05, 0.1) is 4.90 Å². The number of aliphatic hydroxyl groups excluding tert-OH is 1. The Bertz CT molecular complexity index is 947. The van der Waals surface area contributed by atoms with Crippen LogP contribution in [0.5, 0.6) is 0 Å². The predicted octanol–water partition coefficient (Wildman–Crippen LogP) is 2.34. The molecule has 1 aliphatic heterocycles. The van der Waals surface area contributed by atoms with Crippen molar-refractivity contribution in [2.45, 2.75) is 18.7 Å². The molecule has 0 saturated carbocycles. The zero-order valence-corrected chi connectivity index (χ0v) is 14.6. The Balaban J connectivity index is 2.12. The fourth-order valence-corrected chi connectivity index (χ4v) is 4.83. The number of carbonyl (C=O) groups excluding carboxylic acids is 1. The number of carbonyl (C=O) groups is 1. The number of likely N-dealkylation sites (N-methyl/N-ethyl adjacent to an activating group) is 1. The first-order valence-corrected chi connectivity index (χ1v) is 9.41. The third-order valence-corrected chi connectivity index (χ3v) is 6.29. The molecular weight excluding hydrogens is 350 g/mol. The van der Waals surface area contributed by atoms with Crippen molar-refractivity contribution < 1.29 is 18.3 Å². The normalized spacial score (nSPS) is 16.0. The first-order valence-electron chi connectivity index (χ1n) is 7.15. The molecule has 0 saturated heterocycles. The van der Waals surface area contributed by atoms with Gasteiger partial charge in [0.1, 0.15) is 0 Å². The number of aromatic nitrogens is 1. The zero-order chi connectivity index (χ0) is 17.5. The minimum Gasteiger partial charge on any atom is -0.505 e. The van der Waals surface area contributed by atoms with Gasteiger partial charge in [0.2, 0.25) is 0 Å². The molecule has 3 rings (SSSR count). The Morgan fingerprint density at radius 1 is 1.38 bits per heavy atom. The number of thiazole rings is 1. The molecule has 1 aromatic carbocycles. The number of hydrogen-bond acceptors (Lipinski definition) is 6. The standard InChI is InChI=1S/C15H15N3O4S2/c1-3-18-12(14(20)17-15-16-8-9(2)23-15)13(19)10-6-4-5-7-11(10)24(18,21)22/h4-8,19H,3H2,1-2H3,(H,16,17,20). The Hall–Kier alpha value is -2.39. The van der Waals surface area contributed by atoms with Crippen LogP contribution in [0.4, 0.5) is 5.13 Å². The molecule has 0 spiro atoms. The first-order chi connectivity index (χ1) is 11.4. The highest BCUT2D eigenvalue weighted by atomic mass is 32.2. The summed E-state index contributed by atoms with van der Waals surface area (Å²) in [5.74, 6) is -1.09. The van der Waals surface area contributed by atoms with E-state index in [1.54, 1.807) is 25.3 Å². The van der Waals surface area contributed by atoms with Crippen LogP contribution in [0.15, 0.2) is 41.1 Å². The zero-order valence-electron chi connectivity index (χ0n) is 13.0. The van der Waals surface area contributed by atoms with E-state index in [1.807, 2.05) is 6.92 Å². The minimum atomic E-state index is -3.91. The van der Waals surface area contributed by atoms with Crippen molar-refractivity contribution in [1.29, 1.82) is 0 Å². The van der Waals surface area contributed by atoms with Crippen LogP contribution in [0.1, 0.15) is 17.4 Å². The van der Waals surface area contributed by atoms with Gasteiger partial charge in [-0.3, -0.25) is 14.4 Å². The summed E-state index contributed by atoms with van der Waals surface area (Å²) in [4.78, 5) is 17.5. The topological polar surface area (TPSA) is 99.6 Å². The highest BCUT2D eigenvalue weighted by molar-refractivity contribution is 7.89. The van der Waals surface area contributed by atoms with Crippen LogP contribution in [0.25, 0.3) is 5.76 Å². The summed E-state index contributed by atoms with van der Waals surface area (Å²) < 4.78 is 26.4. The lowest BCUT2D eigenvalue weighted by Gasteiger charge is -2.30. The van der Waals surface area contributed by atoms with Gasteiger partial charge in [-0.1, -0.05) is 12.1 Å². The summed E-state index contributed by atoms with van der Waals surface area (Å²) in [5.41, 5.74) is -0.188. The molecular formula is C15H15N3O4S2. The quantitative estimate of drug-likeness (QED) is 0.870. The van der Waals surface area contributed by atoms with Crippen molar-refractivity contribution in [2.75, 3.05) is 11.9 Å².